The molecule has 0 spiro atoms. The molecule has 2 aromatic carbocycles. The summed E-state index contributed by atoms with van der Waals surface area (Å²) in [6.45, 7) is 0. The van der Waals surface area contributed by atoms with Crippen LogP contribution in [0.4, 0.5) is 17.6 Å². The van der Waals surface area contributed by atoms with E-state index in [-0.39, 0.29) is 5.56 Å². The van der Waals surface area contributed by atoms with E-state index in [4.69, 9.17) is 5.11 Å². The lowest BCUT2D eigenvalue weighted by Gasteiger charge is -2.08. The highest BCUT2D eigenvalue weighted by Gasteiger charge is 2.29. The van der Waals surface area contributed by atoms with Crippen molar-refractivity contribution >= 4 is 12.0 Å². The van der Waals surface area contributed by atoms with E-state index in [2.05, 4.69) is 0 Å². The number of hydrogen-bond acceptors (Lipinski definition) is 1. The Bertz CT molecular complexity index is 716. The van der Waals surface area contributed by atoms with E-state index < -0.39 is 23.5 Å². The van der Waals surface area contributed by atoms with Crippen LogP contribution in [-0.2, 0) is 11.0 Å². The third-order valence-corrected chi connectivity index (χ3v) is 2.95. The summed E-state index contributed by atoms with van der Waals surface area (Å²) in [5.74, 6) is -1.84. The maximum Gasteiger partial charge on any atom is 0.416 e. The maximum absolute atomic E-state index is 13.6. The molecule has 0 unspecified atom stereocenters. The minimum Gasteiger partial charge on any atom is -0.478 e. The van der Waals surface area contributed by atoms with Gasteiger partial charge in [0.1, 0.15) is 5.82 Å². The molecule has 0 amide bonds. The van der Waals surface area contributed by atoms with E-state index in [9.17, 15) is 22.4 Å². The molecule has 0 radical (unpaired) electrons. The number of benzene rings is 2. The summed E-state index contributed by atoms with van der Waals surface area (Å²) in [6, 6.07) is 8.35. The molecule has 0 saturated heterocycles. The van der Waals surface area contributed by atoms with Crippen molar-refractivity contribution < 1.29 is 27.5 Å². The molecule has 2 aromatic rings. The van der Waals surface area contributed by atoms with Crippen LogP contribution in [0.3, 0.4) is 0 Å². The van der Waals surface area contributed by atoms with Crippen LogP contribution in [0, 0.1) is 5.82 Å². The van der Waals surface area contributed by atoms with Crippen LogP contribution in [0.1, 0.15) is 11.1 Å². The van der Waals surface area contributed by atoms with E-state index in [0.29, 0.717) is 11.1 Å². The summed E-state index contributed by atoms with van der Waals surface area (Å²) in [5.41, 5.74) is 0.224. The first kappa shape index (κ1) is 15.8. The molecule has 0 aliphatic carbocycles. The molecule has 0 aliphatic heterocycles. The van der Waals surface area contributed by atoms with Crippen LogP contribution in [-0.4, -0.2) is 11.1 Å². The van der Waals surface area contributed by atoms with E-state index in [1.165, 1.54) is 24.3 Å². The number of alkyl halides is 3. The molecule has 2 nitrogen and oxygen atoms in total. The third-order valence-electron chi connectivity index (χ3n) is 2.95. The molecular formula is C16H10F4O2. The first-order valence-electron chi connectivity index (χ1n) is 6.15. The van der Waals surface area contributed by atoms with Crippen molar-refractivity contribution in [3.05, 3.63) is 65.5 Å². The second kappa shape index (κ2) is 6.01. The number of carboxylic acid groups (broad SMARTS) is 1. The van der Waals surface area contributed by atoms with Gasteiger partial charge < -0.3 is 5.11 Å². The smallest absolute Gasteiger partial charge is 0.416 e. The summed E-state index contributed by atoms with van der Waals surface area (Å²) >= 11 is 0. The predicted molar refractivity (Wildman–Crippen MR) is 73.5 cm³/mol. The zero-order valence-electron chi connectivity index (χ0n) is 11.1. The second-order valence-corrected chi connectivity index (χ2v) is 4.48. The minimum atomic E-state index is -4.42. The number of aliphatic carboxylic acids is 1. The van der Waals surface area contributed by atoms with Crippen molar-refractivity contribution in [3.8, 4) is 11.1 Å². The number of carboxylic acids is 1. The topological polar surface area (TPSA) is 37.3 Å². The second-order valence-electron chi connectivity index (χ2n) is 4.48. The van der Waals surface area contributed by atoms with Gasteiger partial charge in [-0.05, 0) is 41.5 Å². The van der Waals surface area contributed by atoms with Crippen LogP contribution in [0.15, 0.2) is 48.5 Å². The SMILES string of the molecule is O=C(O)/C=C/c1cc(-c2ccc(C(F)(F)F)cc2)ccc1F. The van der Waals surface area contributed by atoms with E-state index in [0.717, 1.165) is 30.4 Å². The summed E-state index contributed by atoms with van der Waals surface area (Å²) in [5, 5.41) is 8.54. The zero-order valence-corrected chi connectivity index (χ0v) is 11.1. The van der Waals surface area contributed by atoms with E-state index >= 15 is 0 Å². The van der Waals surface area contributed by atoms with Gasteiger partial charge in [-0.2, -0.15) is 13.2 Å². The first-order chi connectivity index (χ1) is 10.3. The average Bonchev–Trinajstić information content (AvgIpc) is 2.45. The van der Waals surface area contributed by atoms with Crippen LogP contribution in [0.25, 0.3) is 17.2 Å². The average molecular weight is 310 g/mol. The van der Waals surface area contributed by atoms with Gasteiger partial charge >= 0.3 is 12.1 Å². The molecule has 0 heterocycles. The standard InChI is InChI=1S/C16H10F4O2/c17-14-7-3-11(9-12(14)4-8-15(21)22)10-1-5-13(6-2-10)16(18,19)20/h1-9H,(H,21,22)/b8-4+. The minimum absolute atomic E-state index is 0.0415. The summed E-state index contributed by atoms with van der Waals surface area (Å²) in [4.78, 5) is 10.5. The maximum atomic E-state index is 13.6. The number of halogens is 4. The fraction of sp³-hybridized carbons (Fsp3) is 0.0625. The van der Waals surface area contributed by atoms with Crippen LogP contribution >= 0.6 is 0 Å². The zero-order chi connectivity index (χ0) is 16.3. The molecule has 6 heteroatoms. The van der Waals surface area contributed by atoms with Gasteiger partial charge in [0.25, 0.3) is 0 Å². The highest BCUT2D eigenvalue weighted by atomic mass is 19.4. The molecule has 0 aliphatic rings. The van der Waals surface area contributed by atoms with Crippen LogP contribution < -0.4 is 0 Å². The van der Waals surface area contributed by atoms with Gasteiger partial charge in [0.2, 0.25) is 0 Å². The lowest BCUT2D eigenvalue weighted by atomic mass is 10.0. The molecule has 0 aromatic heterocycles. The van der Waals surface area contributed by atoms with Crippen molar-refractivity contribution in [1.29, 1.82) is 0 Å². The lowest BCUT2D eigenvalue weighted by molar-refractivity contribution is -0.137. The van der Waals surface area contributed by atoms with Gasteiger partial charge in [-0.1, -0.05) is 18.2 Å². The Morgan fingerprint density at radius 2 is 1.59 bits per heavy atom. The molecule has 1 N–H and O–H groups in total. The number of carbonyl (C=O) groups is 1. The van der Waals surface area contributed by atoms with Crippen molar-refractivity contribution in [3.63, 3.8) is 0 Å². The summed E-state index contributed by atoms with van der Waals surface area (Å²) in [7, 11) is 0. The highest BCUT2D eigenvalue weighted by Crippen LogP contribution is 2.31. The molecule has 0 bridgehead atoms. The van der Waals surface area contributed by atoms with Gasteiger partial charge in [-0.3, -0.25) is 0 Å². The van der Waals surface area contributed by atoms with E-state index in [1.54, 1.807) is 0 Å². The van der Waals surface area contributed by atoms with Crippen molar-refractivity contribution in [2.45, 2.75) is 6.18 Å². The van der Waals surface area contributed by atoms with Crippen LogP contribution in [0.2, 0.25) is 0 Å². The summed E-state index contributed by atoms with van der Waals surface area (Å²) in [6.07, 6.45) is -2.54. The van der Waals surface area contributed by atoms with Gasteiger partial charge in [0.15, 0.2) is 0 Å². The van der Waals surface area contributed by atoms with Gasteiger partial charge in [0.05, 0.1) is 5.56 Å². The van der Waals surface area contributed by atoms with Crippen molar-refractivity contribution in [2.24, 2.45) is 0 Å². The Hall–Kier alpha value is -2.63. The normalized spacial score (nSPS) is 11.8. The van der Waals surface area contributed by atoms with E-state index in [1.807, 2.05) is 0 Å². The third kappa shape index (κ3) is 3.72. The molecular weight excluding hydrogens is 300 g/mol. The molecule has 114 valence electrons. The Labute approximate surface area is 123 Å². The largest absolute Gasteiger partial charge is 0.478 e. The molecule has 0 atom stereocenters. The Kier molecular flexibility index (Phi) is 4.30. The van der Waals surface area contributed by atoms with Gasteiger partial charge in [-0.15, -0.1) is 0 Å². The van der Waals surface area contributed by atoms with Crippen LogP contribution in [0.5, 0.6) is 0 Å². The first-order valence-corrected chi connectivity index (χ1v) is 6.15. The molecule has 2 rings (SSSR count). The summed E-state index contributed by atoms with van der Waals surface area (Å²) < 4.78 is 51.1. The Morgan fingerprint density at radius 3 is 2.14 bits per heavy atom. The molecule has 0 saturated carbocycles. The Balaban J connectivity index is 2.37. The predicted octanol–water partition coefficient (Wildman–Crippen LogP) is 4.61. The Morgan fingerprint density at radius 1 is 1.00 bits per heavy atom. The van der Waals surface area contributed by atoms with Crippen molar-refractivity contribution in [2.75, 3.05) is 0 Å². The monoisotopic (exact) mass is 310 g/mol. The molecule has 22 heavy (non-hydrogen) atoms. The van der Waals surface area contributed by atoms with Gasteiger partial charge in [-0.25, -0.2) is 9.18 Å². The fourth-order valence-corrected chi connectivity index (χ4v) is 1.86. The fourth-order valence-electron chi connectivity index (χ4n) is 1.86. The highest BCUT2D eigenvalue weighted by molar-refractivity contribution is 5.85. The van der Waals surface area contributed by atoms with Crippen molar-refractivity contribution in [1.82, 2.24) is 0 Å². The van der Waals surface area contributed by atoms with Gasteiger partial charge in [0, 0.05) is 11.6 Å². The molecule has 0 fully saturated rings. The lowest BCUT2D eigenvalue weighted by Crippen LogP contribution is -2.04. The number of hydrogen-bond donors (Lipinski definition) is 1. The quantitative estimate of drug-likeness (QED) is 0.664. The number of rotatable bonds is 3.